The van der Waals surface area contributed by atoms with E-state index in [1.54, 1.807) is 12.1 Å². The molecule has 0 saturated carbocycles. The number of hydrogen-bond donors (Lipinski definition) is 2. The molecule has 0 heterocycles. The van der Waals surface area contributed by atoms with Crippen LogP contribution in [0.25, 0.3) is 0 Å². The molecular weight excluding hydrogens is 448 g/mol. The average Bonchev–Trinajstić information content (AvgIpc) is 2.90. The van der Waals surface area contributed by atoms with Gasteiger partial charge < -0.3 is 10.2 Å². The summed E-state index contributed by atoms with van der Waals surface area (Å²) < 4.78 is 0. The summed E-state index contributed by atoms with van der Waals surface area (Å²) in [5, 5.41) is 19.1. The second-order valence-corrected chi connectivity index (χ2v) is 9.67. The Morgan fingerprint density at radius 1 is 0.667 bits per heavy atom. The van der Waals surface area contributed by atoms with E-state index in [1.807, 2.05) is 42.5 Å². The van der Waals surface area contributed by atoms with Gasteiger partial charge in [0.15, 0.2) is 5.78 Å². The average molecular weight is 493 g/mol. The third-order valence-electron chi connectivity index (χ3n) is 6.64. The van der Waals surface area contributed by atoms with E-state index in [1.165, 1.54) is 38.5 Å². The van der Waals surface area contributed by atoms with Crippen LogP contribution >= 0.6 is 0 Å². The number of allylic oxidation sites excluding steroid dienone is 2. The standard InChI is InChI=1S/C32H44O4/c33-30(34)26-18-13-11-9-7-5-3-1-2-4-6-8-10-12-15-21-27-22-19-20-25-29(27)32(36)31(35)28-23-16-14-17-24-28/h1,3,14,16-17,19-20,22-25,31,35H,2,4-13,15,18,21,26H2,(H,33,34)/b3-1-. The van der Waals surface area contributed by atoms with Crippen molar-refractivity contribution in [3.63, 3.8) is 0 Å². The number of hydrogen-bond acceptors (Lipinski definition) is 3. The number of carbonyl (C=O) groups is 2. The number of aliphatic carboxylic acids is 1. The second-order valence-electron chi connectivity index (χ2n) is 9.67. The predicted molar refractivity (Wildman–Crippen MR) is 147 cm³/mol. The van der Waals surface area contributed by atoms with Gasteiger partial charge in [-0.3, -0.25) is 9.59 Å². The van der Waals surface area contributed by atoms with E-state index in [4.69, 9.17) is 5.11 Å². The summed E-state index contributed by atoms with van der Waals surface area (Å²) in [5.74, 6) is -0.909. The topological polar surface area (TPSA) is 74.6 Å². The third kappa shape index (κ3) is 12.3. The molecule has 0 aromatic heterocycles. The first-order chi connectivity index (χ1) is 17.6. The molecule has 4 nitrogen and oxygen atoms in total. The zero-order valence-electron chi connectivity index (χ0n) is 21.7. The van der Waals surface area contributed by atoms with Crippen LogP contribution in [0.3, 0.4) is 0 Å². The number of aryl methyl sites for hydroxylation is 1. The Kier molecular flexibility index (Phi) is 15.2. The zero-order chi connectivity index (χ0) is 25.8. The van der Waals surface area contributed by atoms with Crippen molar-refractivity contribution >= 4 is 11.8 Å². The number of carboxylic acids is 1. The second kappa shape index (κ2) is 18.5. The Morgan fingerprint density at radius 2 is 1.19 bits per heavy atom. The van der Waals surface area contributed by atoms with Gasteiger partial charge in [-0.15, -0.1) is 0 Å². The van der Waals surface area contributed by atoms with E-state index in [0.29, 0.717) is 17.5 Å². The largest absolute Gasteiger partial charge is 0.481 e. The Hall–Kier alpha value is -2.72. The van der Waals surface area contributed by atoms with Crippen LogP contribution in [0.5, 0.6) is 0 Å². The molecule has 36 heavy (non-hydrogen) atoms. The molecule has 4 heteroatoms. The van der Waals surface area contributed by atoms with Crippen molar-refractivity contribution < 1.29 is 19.8 Å². The zero-order valence-corrected chi connectivity index (χ0v) is 21.7. The molecule has 1 unspecified atom stereocenters. The molecular formula is C32H44O4. The minimum atomic E-state index is -1.11. The molecule has 1 atom stereocenters. The van der Waals surface area contributed by atoms with Crippen LogP contribution in [-0.2, 0) is 11.2 Å². The van der Waals surface area contributed by atoms with Gasteiger partial charge in [0.2, 0.25) is 0 Å². The van der Waals surface area contributed by atoms with Crippen LogP contribution in [0.1, 0.15) is 117 Å². The van der Waals surface area contributed by atoms with Gasteiger partial charge in [-0.05, 0) is 56.1 Å². The number of unbranched alkanes of at least 4 members (excludes halogenated alkanes) is 11. The smallest absolute Gasteiger partial charge is 0.303 e. The molecule has 0 aliphatic rings. The molecule has 2 rings (SSSR count). The number of benzene rings is 2. The Balaban J connectivity index is 1.51. The SMILES string of the molecule is O=C(O)CCCCCCC/C=C\CCCCCCCCc1ccccc1C(=O)C(O)c1ccccc1. The minimum absolute atomic E-state index is 0.222. The van der Waals surface area contributed by atoms with Crippen molar-refractivity contribution in [2.75, 3.05) is 0 Å². The molecule has 0 amide bonds. The van der Waals surface area contributed by atoms with Crippen LogP contribution in [0.2, 0.25) is 0 Å². The fraction of sp³-hybridized carbons (Fsp3) is 0.500. The lowest BCUT2D eigenvalue weighted by Crippen LogP contribution is -2.14. The number of rotatable bonds is 20. The Morgan fingerprint density at radius 3 is 1.83 bits per heavy atom. The van der Waals surface area contributed by atoms with Gasteiger partial charge in [0.1, 0.15) is 6.10 Å². The van der Waals surface area contributed by atoms with Crippen molar-refractivity contribution in [3.8, 4) is 0 Å². The summed E-state index contributed by atoms with van der Waals surface area (Å²) >= 11 is 0. The molecule has 0 bridgehead atoms. The summed E-state index contributed by atoms with van der Waals surface area (Å²) in [6.07, 6.45) is 19.5. The monoisotopic (exact) mass is 492 g/mol. The van der Waals surface area contributed by atoms with E-state index in [-0.39, 0.29) is 5.78 Å². The predicted octanol–water partition coefficient (Wildman–Crippen LogP) is 8.25. The van der Waals surface area contributed by atoms with E-state index in [0.717, 1.165) is 56.9 Å². The third-order valence-corrected chi connectivity index (χ3v) is 6.64. The number of aliphatic hydroxyl groups is 1. The summed E-state index contributed by atoms with van der Waals surface area (Å²) in [6, 6.07) is 16.8. The van der Waals surface area contributed by atoms with Gasteiger partial charge in [0, 0.05) is 12.0 Å². The highest BCUT2D eigenvalue weighted by Crippen LogP contribution is 2.22. The summed E-state index contributed by atoms with van der Waals surface area (Å²) in [6.45, 7) is 0. The molecule has 0 radical (unpaired) electrons. The highest BCUT2D eigenvalue weighted by Gasteiger charge is 2.21. The van der Waals surface area contributed by atoms with Gasteiger partial charge in [0.05, 0.1) is 0 Å². The molecule has 2 aromatic carbocycles. The minimum Gasteiger partial charge on any atom is -0.481 e. The van der Waals surface area contributed by atoms with Crippen LogP contribution in [0.15, 0.2) is 66.7 Å². The van der Waals surface area contributed by atoms with E-state index in [2.05, 4.69) is 12.2 Å². The van der Waals surface area contributed by atoms with Crippen molar-refractivity contribution in [2.24, 2.45) is 0 Å². The van der Waals surface area contributed by atoms with Gasteiger partial charge in [-0.1, -0.05) is 112 Å². The maximum atomic E-state index is 12.9. The van der Waals surface area contributed by atoms with Gasteiger partial charge in [-0.2, -0.15) is 0 Å². The number of ketones is 1. The van der Waals surface area contributed by atoms with Crippen LogP contribution < -0.4 is 0 Å². The lowest BCUT2D eigenvalue weighted by molar-refractivity contribution is -0.137. The van der Waals surface area contributed by atoms with E-state index < -0.39 is 12.1 Å². The molecule has 0 fully saturated rings. The molecule has 0 saturated heterocycles. The van der Waals surface area contributed by atoms with Gasteiger partial charge in [-0.25, -0.2) is 0 Å². The fourth-order valence-corrected chi connectivity index (χ4v) is 4.50. The normalized spacial score (nSPS) is 12.1. The first-order valence-electron chi connectivity index (χ1n) is 13.8. The molecule has 196 valence electrons. The molecule has 2 N–H and O–H groups in total. The highest BCUT2D eigenvalue weighted by molar-refractivity contribution is 6.01. The number of carbonyl (C=O) groups excluding carboxylic acids is 1. The van der Waals surface area contributed by atoms with Crippen LogP contribution in [-0.4, -0.2) is 22.0 Å². The summed E-state index contributed by atoms with van der Waals surface area (Å²) in [4.78, 5) is 23.3. The lowest BCUT2D eigenvalue weighted by Gasteiger charge is -2.13. The molecule has 0 aliphatic carbocycles. The Bertz CT molecular complexity index is 903. The van der Waals surface area contributed by atoms with E-state index >= 15 is 0 Å². The number of carboxylic acid groups (broad SMARTS) is 1. The van der Waals surface area contributed by atoms with E-state index in [9.17, 15) is 14.7 Å². The maximum absolute atomic E-state index is 12.9. The van der Waals surface area contributed by atoms with Crippen molar-refractivity contribution in [3.05, 3.63) is 83.4 Å². The first kappa shape index (κ1) is 29.5. The van der Waals surface area contributed by atoms with Crippen molar-refractivity contribution in [1.29, 1.82) is 0 Å². The quantitative estimate of drug-likeness (QED) is 0.111. The maximum Gasteiger partial charge on any atom is 0.303 e. The summed E-state index contributed by atoms with van der Waals surface area (Å²) in [5.41, 5.74) is 2.30. The van der Waals surface area contributed by atoms with Gasteiger partial charge in [0.25, 0.3) is 0 Å². The fourth-order valence-electron chi connectivity index (χ4n) is 4.50. The molecule has 0 spiro atoms. The van der Waals surface area contributed by atoms with Crippen LogP contribution in [0, 0.1) is 0 Å². The number of Topliss-reactive ketones (excluding diaryl/α,β-unsaturated/α-hetero) is 1. The summed E-state index contributed by atoms with van der Waals surface area (Å²) in [7, 11) is 0. The lowest BCUT2D eigenvalue weighted by atomic mass is 9.93. The van der Waals surface area contributed by atoms with Crippen molar-refractivity contribution in [1.82, 2.24) is 0 Å². The van der Waals surface area contributed by atoms with Crippen LogP contribution in [0.4, 0.5) is 0 Å². The Labute approximate surface area is 217 Å². The van der Waals surface area contributed by atoms with Crippen molar-refractivity contribution in [2.45, 2.75) is 102 Å². The first-order valence-corrected chi connectivity index (χ1v) is 13.8. The number of aliphatic hydroxyl groups excluding tert-OH is 1. The highest BCUT2D eigenvalue weighted by atomic mass is 16.4. The molecule has 2 aromatic rings. The molecule has 0 aliphatic heterocycles. The van der Waals surface area contributed by atoms with Gasteiger partial charge >= 0.3 is 5.97 Å².